The molecule has 3 nitrogen and oxygen atoms in total. The van der Waals surface area contributed by atoms with Gasteiger partial charge in [-0.1, -0.05) is 11.6 Å². The summed E-state index contributed by atoms with van der Waals surface area (Å²) in [4.78, 5) is 5.46. The van der Waals surface area contributed by atoms with Crippen LogP contribution in [0.2, 0.25) is 5.02 Å². The molecule has 0 aliphatic rings. The van der Waals surface area contributed by atoms with Gasteiger partial charge in [-0.3, -0.25) is 4.99 Å². The molecule has 0 amide bonds. The predicted molar refractivity (Wildman–Crippen MR) is 115 cm³/mol. The van der Waals surface area contributed by atoms with Gasteiger partial charge in [-0.25, -0.2) is 0 Å². The van der Waals surface area contributed by atoms with E-state index >= 15 is 0 Å². The zero-order valence-electron chi connectivity index (χ0n) is 13.1. The molecule has 1 aromatic rings. The molecule has 7 heteroatoms. The van der Waals surface area contributed by atoms with E-state index in [1.165, 1.54) is 23.5 Å². The second kappa shape index (κ2) is 14.8. The van der Waals surface area contributed by atoms with Crippen LogP contribution < -0.4 is 10.6 Å². The van der Waals surface area contributed by atoms with Crippen molar-refractivity contribution in [2.45, 2.75) is 17.7 Å². The monoisotopic (exact) mass is 473 g/mol. The number of guanidine groups is 1. The minimum absolute atomic E-state index is 0. The average Bonchev–Trinajstić information content (AvgIpc) is 2.51. The standard InChI is InChI=1S/C15H24ClN3S2.HI/c1-17-15(18-9-3-4-11-20-2)19-10-12-21-14-7-5-13(16)6-8-14;/h5-8H,3-4,9-12H2,1-2H3,(H2,17,18,19);1H. The quantitative estimate of drug-likeness (QED) is 0.184. The smallest absolute Gasteiger partial charge is 0.191 e. The highest BCUT2D eigenvalue weighted by Gasteiger charge is 1.98. The van der Waals surface area contributed by atoms with E-state index in [4.69, 9.17) is 11.6 Å². The van der Waals surface area contributed by atoms with Gasteiger partial charge in [-0.05, 0) is 49.1 Å². The topological polar surface area (TPSA) is 36.4 Å². The van der Waals surface area contributed by atoms with Crippen molar-refractivity contribution in [3.05, 3.63) is 29.3 Å². The molecule has 0 heterocycles. The van der Waals surface area contributed by atoms with E-state index in [1.807, 2.05) is 54.8 Å². The number of nitrogens with zero attached hydrogens (tertiary/aromatic N) is 1. The summed E-state index contributed by atoms with van der Waals surface area (Å²) in [5, 5.41) is 7.45. The number of thioether (sulfide) groups is 2. The molecular formula is C15H25ClIN3S2. The van der Waals surface area contributed by atoms with Gasteiger partial charge in [0, 0.05) is 35.8 Å². The molecule has 0 atom stereocenters. The molecule has 0 aromatic heterocycles. The molecule has 22 heavy (non-hydrogen) atoms. The van der Waals surface area contributed by atoms with Crippen LogP contribution in [0.4, 0.5) is 0 Å². The SMILES string of the molecule is CN=C(NCCCCSC)NCCSc1ccc(Cl)cc1.I. The van der Waals surface area contributed by atoms with Gasteiger partial charge in [0.1, 0.15) is 0 Å². The van der Waals surface area contributed by atoms with Crippen molar-refractivity contribution in [2.75, 3.05) is 37.9 Å². The Labute approximate surface area is 164 Å². The highest BCUT2D eigenvalue weighted by molar-refractivity contribution is 14.0. The van der Waals surface area contributed by atoms with E-state index in [-0.39, 0.29) is 24.0 Å². The van der Waals surface area contributed by atoms with Gasteiger partial charge >= 0.3 is 0 Å². The second-order valence-corrected chi connectivity index (χ2v) is 7.02. The highest BCUT2D eigenvalue weighted by Crippen LogP contribution is 2.19. The molecule has 1 rings (SSSR count). The van der Waals surface area contributed by atoms with E-state index in [2.05, 4.69) is 21.9 Å². The molecule has 0 bridgehead atoms. The first-order chi connectivity index (χ1) is 10.3. The molecule has 1 aromatic carbocycles. The zero-order chi connectivity index (χ0) is 15.3. The van der Waals surface area contributed by atoms with Crippen molar-refractivity contribution in [1.29, 1.82) is 0 Å². The van der Waals surface area contributed by atoms with Crippen LogP contribution in [-0.2, 0) is 0 Å². The molecule has 0 spiro atoms. The normalized spacial score (nSPS) is 11.0. The maximum absolute atomic E-state index is 5.87. The first-order valence-corrected chi connectivity index (χ1v) is 9.84. The Morgan fingerprint density at radius 1 is 1.09 bits per heavy atom. The summed E-state index contributed by atoms with van der Waals surface area (Å²) in [5.41, 5.74) is 0. The van der Waals surface area contributed by atoms with Crippen LogP contribution in [0.25, 0.3) is 0 Å². The van der Waals surface area contributed by atoms with Crippen LogP contribution in [0.5, 0.6) is 0 Å². The minimum atomic E-state index is 0. The average molecular weight is 474 g/mol. The van der Waals surface area contributed by atoms with Crippen molar-refractivity contribution in [3.8, 4) is 0 Å². The molecule has 0 unspecified atom stereocenters. The van der Waals surface area contributed by atoms with Gasteiger partial charge in [0.15, 0.2) is 5.96 Å². The summed E-state index contributed by atoms with van der Waals surface area (Å²) >= 11 is 9.57. The Morgan fingerprint density at radius 3 is 2.41 bits per heavy atom. The Bertz CT molecular complexity index is 416. The molecule has 2 N–H and O–H groups in total. The van der Waals surface area contributed by atoms with E-state index in [0.717, 1.165) is 29.8 Å². The Balaban J connectivity index is 0.00000441. The van der Waals surface area contributed by atoms with Crippen LogP contribution in [0, 0.1) is 0 Å². The fraction of sp³-hybridized carbons (Fsp3) is 0.533. The van der Waals surface area contributed by atoms with E-state index in [0.29, 0.717) is 0 Å². The molecule has 0 fully saturated rings. The number of unbranched alkanes of at least 4 members (excludes halogenated alkanes) is 1. The summed E-state index contributed by atoms with van der Waals surface area (Å²) in [6, 6.07) is 7.94. The van der Waals surface area contributed by atoms with E-state index < -0.39 is 0 Å². The van der Waals surface area contributed by atoms with Gasteiger partial charge in [-0.15, -0.1) is 35.7 Å². The minimum Gasteiger partial charge on any atom is -0.356 e. The van der Waals surface area contributed by atoms with Crippen LogP contribution in [0.3, 0.4) is 0 Å². The number of hydrogen-bond donors (Lipinski definition) is 2. The number of rotatable bonds is 9. The van der Waals surface area contributed by atoms with Crippen molar-refractivity contribution in [3.63, 3.8) is 0 Å². The third-order valence-corrected chi connectivity index (χ3v) is 4.73. The first kappa shape index (κ1) is 22.2. The van der Waals surface area contributed by atoms with Gasteiger partial charge in [0.05, 0.1) is 0 Å². The maximum atomic E-state index is 5.87. The van der Waals surface area contributed by atoms with Crippen molar-refractivity contribution in [2.24, 2.45) is 4.99 Å². The number of hydrogen-bond acceptors (Lipinski definition) is 3. The number of halogens is 2. The zero-order valence-corrected chi connectivity index (χ0v) is 17.8. The van der Waals surface area contributed by atoms with Crippen LogP contribution in [-0.4, -0.2) is 43.9 Å². The largest absolute Gasteiger partial charge is 0.356 e. The lowest BCUT2D eigenvalue weighted by Crippen LogP contribution is -2.38. The molecule has 0 saturated carbocycles. The van der Waals surface area contributed by atoms with Gasteiger partial charge in [0.25, 0.3) is 0 Å². The first-order valence-electron chi connectivity index (χ1n) is 7.08. The van der Waals surface area contributed by atoms with Crippen LogP contribution >= 0.6 is 59.1 Å². The fourth-order valence-corrected chi connectivity index (χ4v) is 3.06. The number of aliphatic imine (C=N–C) groups is 1. The van der Waals surface area contributed by atoms with Gasteiger partial charge in [0.2, 0.25) is 0 Å². The molecule has 0 saturated heterocycles. The Kier molecular flexibility index (Phi) is 14.9. The Hall–Kier alpha value is 0.210. The van der Waals surface area contributed by atoms with Crippen LogP contribution in [0.1, 0.15) is 12.8 Å². The highest BCUT2D eigenvalue weighted by atomic mass is 127. The predicted octanol–water partition coefficient (Wildman–Crippen LogP) is 4.36. The lowest BCUT2D eigenvalue weighted by Gasteiger charge is -2.11. The van der Waals surface area contributed by atoms with Crippen molar-refractivity contribution in [1.82, 2.24) is 10.6 Å². The lowest BCUT2D eigenvalue weighted by atomic mass is 10.3. The van der Waals surface area contributed by atoms with E-state index in [9.17, 15) is 0 Å². The van der Waals surface area contributed by atoms with Crippen molar-refractivity contribution < 1.29 is 0 Å². The lowest BCUT2D eigenvalue weighted by molar-refractivity contribution is 0.739. The number of nitrogens with one attached hydrogen (secondary N) is 2. The molecule has 126 valence electrons. The third kappa shape index (κ3) is 10.9. The summed E-state index contributed by atoms with van der Waals surface area (Å²) in [6.07, 6.45) is 4.57. The molecule has 0 radical (unpaired) electrons. The van der Waals surface area contributed by atoms with Gasteiger partial charge in [-0.2, -0.15) is 11.8 Å². The summed E-state index contributed by atoms with van der Waals surface area (Å²) in [6.45, 7) is 1.86. The molecular weight excluding hydrogens is 449 g/mol. The second-order valence-electron chi connectivity index (χ2n) is 4.43. The molecule has 0 aliphatic carbocycles. The third-order valence-electron chi connectivity index (χ3n) is 2.77. The maximum Gasteiger partial charge on any atom is 0.191 e. The van der Waals surface area contributed by atoms with Crippen LogP contribution in [0.15, 0.2) is 34.2 Å². The fourth-order valence-electron chi connectivity index (χ4n) is 1.67. The summed E-state index contributed by atoms with van der Waals surface area (Å²) in [5.74, 6) is 3.11. The Morgan fingerprint density at radius 2 is 1.77 bits per heavy atom. The van der Waals surface area contributed by atoms with Crippen molar-refractivity contribution >= 4 is 65.1 Å². The molecule has 0 aliphatic heterocycles. The van der Waals surface area contributed by atoms with E-state index in [1.54, 1.807) is 0 Å². The summed E-state index contributed by atoms with van der Waals surface area (Å²) in [7, 11) is 1.81. The van der Waals surface area contributed by atoms with Gasteiger partial charge < -0.3 is 10.6 Å². The summed E-state index contributed by atoms with van der Waals surface area (Å²) < 4.78 is 0. The number of benzene rings is 1.